The first-order chi connectivity index (χ1) is 11.0. The molecule has 2 nitrogen and oxygen atoms in total. The number of aryl methyl sites for hydroxylation is 1. The third kappa shape index (κ3) is 6.07. The molecule has 0 unspecified atom stereocenters. The van der Waals surface area contributed by atoms with Crippen molar-refractivity contribution in [2.75, 3.05) is 0 Å². The molecule has 3 heteroatoms. The van der Waals surface area contributed by atoms with Crippen LogP contribution >= 0.6 is 11.6 Å². The zero-order chi connectivity index (χ0) is 16.7. The molecule has 122 valence electrons. The highest BCUT2D eigenvalue weighted by molar-refractivity contribution is 6.30. The molecule has 0 saturated heterocycles. The van der Waals surface area contributed by atoms with E-state index < -0.39 is 0 Å². The molecule has 2 aromatic rings. The Labute approximate surface area is 143 Å². The molecular weight excluding hydrogens is 306 g/mol. The van der Waals surface area contributed by atoms with Gasteiger partial charge in [-0.3, -0.25) is 4.79 Å². The van der Waals surface area contributed by atoms with Crippen LogP contribution < -0.4 is 5.32 Å². The van der Waals surface area contributed by atoms with Gasteiger partial charge in [0, 0.05) is 11.4 Å². The Hall–Kier alpha value is -1.80. The second kappa shape index (κ2) is 8.73. The second-order valence-electron chi connectivity index (χ2n) is 6.29. The Balaban J connectivity index is 1.93. The van der Waals surface area contributed by atoms with Crippen LogP contribution in [0, 0.1) is 5.92 Å². The SMILES string of the molecule is CC(C)C[C@H](NC(=O)CCc1ccc(Cl)cc1)c1ccccc1. The molecule has 0 aliphatic carbocycles. The maximum Gasteiger partial charge on any atom is 0.220 e. The van der Waals surface area contributed by atoms with Crippen molar-refractivity contribution in [2.45, 2.75) is 39.2 Å². The van der Waals surface area contributed by atoms with Crippen molar-refractivity contribution < 1.29 is 4.79 Å². The van der Waals surface area contributed by atoms with E-state index in [1.165, 1.54) is 5.56 Å². The van der Waals surface area contributed by atoms with Crippen molar-refractivity contribution in [3.63, 3.8) is 0 Å². The van der Waals surface area contributed by atoms with Gasteiger partial charge in [0.1, 0.15) is 0 Å². The Morgan fingerprint density at radius 3 is 2.30 bits per heavy atom. The first-order valence-corrected chi connectivity index (χ1v) is 8.51. The van der Waals surface area contributed by atoms with Crippen molar-refractivity contribution in [3.8, 4) is 0 Å². The monoisotopic (exact) mass is 329 g/mol. The fourth-order valence-corrected chi connectivity index (χ4v) is 2.74. The lowest BCUT2D eigenvalue weighted by Gasteiger charge is -2.21. The summed E-state index contributed by atoms with van der Waals surface area (Å²) in [5, 5.41) is 3.90. The van der Waals surface area contributed by atoms with E-state index in [1.54, 1.807) is 0 Å². The van der Waals surface area contributed by atoms with E-state index in [0.717, 1.165) is 23.4 Å². The summed E-state index contributed by atoms with van der Waals surface area (Å²) in [6, 6.07) is 17.9. The van der Waals surface area contributed by atoms with Gasteiger partial charge in [-0.25, -0.2) is 0 Å². The van der Waals surface area contributed by atoms with Gasteiger partial charge in [-0.15, -0.1) is 0 Å². The highest BCUT2D eigenvalue weighted by atomic mass is 35.5. The topological polar surface area (TPSA) is 29.1 Å². The van der Waals surface area contributed by atoms with E-state index in [4.69, 9.17) is 11.6 Å². The fourth-order valence-electron chi connectivity index (χ4n) is 2.61. The fraction of sp³-hybridized carbons (Fsp3) is 0.350. The van der Waals surface area contributed by atoms with Crippen molar-refractivity contribution in [1.82, 2.24) is 5.32 Å². The minimum absolute atomic E-state index is 0.0777. The molecule has 23 heavy (non-hydrogen) atoms. The lowest BCUT2D eigenvalue weighted by atomic mass is 9.96. The molecule has 2 aromatic carbocycles. The van der Waals surface area contributed by atoms with E-state index in [0.29, 0.717) is 12.3 Å². The first kappa shape index (κ1) is 17.6. The van der Waals surface area contributed by atoms with Gasteiger partial charge in [0.2, 0.25) is 5.91 Å². The number of hydrogen-bond acceptors (Lipinski definition) is 1. The van der Waals surface area contributed by atoms with Crippen LogP contribution in [-0.4, -0.2) is 5.91 Å². The summed E-state index contributed by atoms with van der Waals surface area (Å²) in [5.74, 6) is 0.617. The van der Waals surface area contributed by atoms with Crippen LogP contribution in [-0.2, 0) is 11.2 Å². The molecular formula is C20H24ClNO. The molecule has 1 N–H and O–H groups in total. The molecule has 0 aliphatic heterocycles. The minimum atomic E-state index is 0.0777. The van der Waals surface area contributed by atoms with Gasteiger partial charge in [0.25, 0.3) is 0 Å². The molecule has 0 spiro atoms. The zero-order valence-corrected chi connectivity index (χ0v) is 14.5. The number of nitrogens with one attached hydrogen (secondary N) is 1. The Morgan fingerprint density at radius 1 is 1.04 bits per heavy atom. The summed E-state index contributed by atoms with van der Waals surface area (Å²) >= 11 is 5.88. The number of halogens is 1. The summed E-state index contributed by atoms with van der Waals surface area (Å²) in [4.78, 5) is 12.3. The average molecular weight is 330 g/mol. The van der Waals surface area contributed by atoms with Gasteiger partial charge in [0.15, 0.2) is 0 Å². The van der Waals surface area contributed by atoms with Crippen LogP contribution in [0.2, 0.25) is 5.02 Å². The number of amides is 1. The van der Waals surface area contributed by atoms with Gasteiger partial charge >= 0.3 is 0 Å². The summed E-state index contributed by atoms with van der Waals surface area (Å²) in [6.45, 7) is 4.35. The summed E-state index contributed by atoms with van der Waals surface area (Å²) in [7, 11) is 0. The smallest absolute Gasteiger partial charge is 0.220 e. The predicted octanol–water partition coefficient (Wildman–Crippen LogP) is 5.18. The molecule has 0 saturated carbocycles. The minimum Gasteiger partial charge on any atom is -0.349 e. The molecule has 0 heterocycles. The lowest BCUT2D eigenvalue weighted by Crippen LogP contribution is -2.29. The van der Waals surface area contributed by atoms with Gasteiger partial charge in [-0.05, 0) is 42.0 Å². The van der Waals surface area contributed by atoms with E-state index in [9.17, 15) is 4.79 Å². The van der Waals surface area contributed by atoms with E-state index in [2.05, 4.69) is 31.3 Å². The molecule has 0 radical (unpaired) electrons. The predicted molar refractivity (Wildman–Crippen MR) is 96.6 cm³/mol. The number of benzene rings is 2. The normalized spacial score (nSPS) is 12.2. The summed E-state index contributed by atoms with van der Waals surface area (Å²) in [6.07, 6.45) is 2.16. The molecule has 0 fully saturated rings. The average Bonchev–Trinajstić information content (AvgIpc) is 2.54. The van der Waals surface area contributed by atoms with Crippen LogP contribution in [0.15, 0.2) is 54.6 Å². The van der Waals surface area contributed by atoms with Gasteiger partial charge in [-0.1, -0.05) is 67.9 Å². The molecule has 1 amide bonds. The lowest BCUT2D eigenvalue weighted by molar-refractivity contribution is -0.121. The van der Waals surface area contributed by atoms with Crippen LogP contribution in [0.1, 0.15) is 43.9 Å². The molecule has 1 atom stereocenters. The molecule has 0 bridgehead atoms. The number of hydrogen-bond donors (Lipinski definition) is 1. The van der Waals surface area contributed by atoms with Crippen LogP contribution in [0.4, 0.5) is 0 Å². The standard InChI is InChI=1S/C20H24ClNO/c1-15(2)14-19(17-6-4-3-5-7-17)22-20(23)13-10-16-8-11-18(21)12-9-16/h3-9,11-12,15,19H,10,13-14H2,1-2H3,(H,22,23)/t19-/m0/s1. The van der Waals surface area contributed by atoms with Gasteiger partial charge < -0.3 is 5.32 Å². The highest BCUT2D eigenvalue weighted by Gasteiger charge is 2.15. The molecule has 0 aliphatic rings. The van der Waals surface area contributed by atoms with Crippen LogP contribution in [0.25, 0.3) is 0 Å². The number of carbonyl (C=O) groups excluding carboxylic acids is 1. The summed E-state index contributed by atoms with van der Waals surface area (Å²) < 4.78 is 0. The highest BCUT2D eigenvalue weighted by Crippen LogP contribution is 2.21. The Bertz CT molecular complexity index is 607. The van der Waals surface area contributed by atoms with E-state index in [1.807, 2.05) is 42.5 Å². The quantitative estimate of drug-likeness (QED) is 0.745. The maximum absolute atomic E-state index is 12.3. The number of carbonyl (C=O) groups is 1. The Morgan fingerprint density at radius 2 is 1.70 bits per heavy atom. The van der Waals surface area contributed by atoms with Crippen molar-refractivity contribution in [3.05, 3.63) is 70.7 Å². The van der Waals surface area contributed by atoms with Gasteiger partial charge in [0.05, 0.1) is 6.04 Å². The Kier molecular flexibility index (Phi) is 6.66. The maximum atomic E-state index is 12.3. The van der Waals surface area contributed by atoms with Crippen molar-refractivity contribution in [1.29, 1.82) is 0 Å². The van der Waals surface area contributed by atoms with E-state index >= 15 is 0 Å². The second-order valence-corrected chi connectivity index (χ2v) is 6.72. The van der Waals surface area contributed by atoms with Gasteiger partial charge in [-0.2, -0.15) is 0 Å². The van der Waals surface area contributed by atoms with Crippen LogP contribution in [0.5, 0.6) is 0 Å². The largest absolute Gasteiger partial charge is 0.349 e. The number of rotatable bonds is 7. The summed E-state index contributed by atoms with van der Waals surface area (Å²) in [5.41, 5.74) is 2.30. The van der Waals surface area contributed by atoms with E-state index in [-0.39, 0.29) is 11.9 Å². The molecule has 0 aromatic heterocycles. The first-order valence-electron chi connectivity index (χ1n) is 8.13. The molecule has 2 rings (SSSR count). The third-order valence-electron chi connectivity index (χ3n) is 3.80. The third-order valence-corrected chi connectivity index (χ3v) is 4.05. The van der Waals surface area contributed by atoms with Crippen molar-refractivity contribution in [2.24, 2.45) is 5.92 Å². The van der Waals surface area contributed by atoms with Crippen LogP contribution in [0.3, 0.4) is 0 Å². The zero-order valence-electron chi connectivity index (χ0n) is 13.8. The van der Waals surface area contributed by atoms with Crippen molar-refractivity contribution >= 4 is 17.5 Å².